The predicted octanol–water partition coefficient (Wildman–Crippen LogP) is 1.68. The first kappa shape index (κ1) is 21.0. The molecule has 2 bridgehead atoms. The maximum absolute atomic E-state index is 13.5. The quantitative estimate of drug-likeness (QED) is 0.683. The SMILES string of the molecule is CCOC1C(C)CC[C@]2(OCC)C3(C)CC(=O)OC12C1(O)C(C)=C(C)C(=O)C13O. The molecule has 4 rings (SSSR count). The van der Waals surface area contributed by atoms with E-state index in [0.717, 1.165) is 0 Å². The van der Waals surface area contributed by atoms with Crippen LogP contribution in [0.1, 0.15) is 60.8 Å². The first-order valence-corrected chi connectivity index (χ1v) is 10.6. The molecule has 7 nitrogen and oxygen atoms in total. The highest BCUT2D eigenvalue weighted by molar-refractivity contribution is 6.10. The molecule has 1 saturated heterocycles. The van der Waals surface area contributed by atoms with Gasteiger partial charge in [0.1, 0.15) is 11.7 Å². The minimum absolute atomic E-state index is 0.0751. The Morgan fingerprint density at radius 2 is 1.79 bits per heavy atom. The molecule has 0 spiro atoms. The summed E-state index contributed by atoms with van der Waals surface area (Å²) in [5.74, 6) is -1.20. The van der Waals surface area contributed by atoms with Gasteiger partial charge in [-0.25, -0.2) is 0 Å². The van der Waals surface area contributed by atoms with Gasteiger partial charge in [0.25, 0.3) is 0 Å². The van der Waals surface area contributed by atoms with Crippen molar-refractivity contribution in [2.75, 3.05) is 13.2 Å². The fourth-order valence-electron chi connectivity index (χ4n) is 7.26. The van der Waals surface area contributed by atoms with Crippen LogP contribution in [0.5, 0.6) is 0 Å². The molecule has 2 saturated carbocycles. The van der Waals surface area contributed by atoms with Crippen molar-refractivity contribution in [1.82, 2.24) is 0 Å². The topological polar surface area (TPSA) is 102 Å². The summed E-state index contributed by atoms with van der Waals surface area (Å²) in [6.45, 7) is 11.2. The van der Waals surface area contributed by atoms with E-state index in [2.05, 4.69) is 0 Å². The second kappa shape index (κ2) is 5.90. The average Bonchev–Trinajstić information content (AvgIpc) is 2.83. The molecule has 0 aromatic heterocycles. The summed E-state index contributed by atoms with van der Waals surface area (Å²) in [5, 5.41) is 24.5. The zero-order valence-electron chi connectivity index (χ0n) is 18.1. The Bertz CT molecular complexity index is 820. The molecule has 162 valence electrons. The summed E-state index contributed by atoms with van der Waals surface area (Å²) in [4.78, 5) is 26.4. The Labute approximate surface area is 171 Å². The molecule has 3 fully saturated rings. The first-order chi connectivity index (χ1) is 13.5. The number of rotatable bonds is 4. The molecule has 1 heterocycles. The molecule has 0 aromatic carbocycles. The fraction of sp³-hybridized carbons (Fsp3) is 0.818. The maximum atomic E-state index is 13.5. The number of hydrogen-bond donors (Lipinski definition) is 2. The molecule has 0 aromatic rings. The van der Waals surface area contributed by atoms with Crippen LogP contribution in [0.25, 0.3) is 0 Å². The summed E-state index contributed by atoms with van der Waals surface area (Å²) < 4.78 is 18.6. The van der Waals surface area contributed by atoms with E-state index in [1.54, 1.807) is 20.8 Å². The van der Waals surface area contributed by atoms with Crippen molar-refractivity contribution in [3.63, 3.8) is 0 Å². The summed E-state index contributed by atoms with van der Waals surface area (Å²) in [5.41, 5.74) is -8.09. The van der Waals surface area contributed by atoms with Crippen molar-refractivity contribution in [2.45, 2.75) is 89.3 Å². The van der Waals surface area contributed by atoms with Crippen molar-refractivity contribution in [3.8, 4) is 0 Å². The molecular weight excluding hydrogens is 376 g/mol. The van der Waals surface area contributed by atoms with E-state index in [1.807, 2.05) is 20.8 Å². The summed E-state index contributed by atoms with van der Waals surface area (Å²) >= 11 is 0. The zero-order chi connectivity index (χ0) is 21.6. The van der Waals surface area contributed by atoms with Crippen molar-refractivity contribution in [1.29, 1.82) is 0 Å². The van der Waals surface area contributed by atoms with Gasteiger partial charge in [-0.3, -0.25) is 9.59 Å². The van der Waals surface area contributed by atoms with Crippen molar-refractivity contribution in [2.24, 2.45) is 11.3 Å². The molecule has 2 N–H and O–H groups in total. The number of carbonyl (C=O) groups excluding carboxylic acids is 2. The summed E-state index contributed by atoms with van der Waals surface area (Å²) in [6.07, 6.45) is 0.193. The van der Waals surface area contributed by atoms with Gasteiger partial charge >= 0.3 is 5.97 Å². The molecule has 29 heavy (non-hydrogen) atoms. The van der Waals surface area contributed by atoms with Gasteiger partial charge in [0, 0.05) is 13.2 Å². The van der Waals surface area contributed by atoms with Crippen molar-refractivity contribution < 1.29 is 34.0 Å². The van der Waals surface area contributed by atoms with E-state index < -0.39 is 45.7 Å². The van der Waals surface area contributed by atoms with E-state index in [9.17, 15) is 19.8 Å². The van der Waals surface area contributed by atoms with Gasteiger partial charge in [0.2, 0.25) is 5.60 Å². The molecule has 0 radical (unpaired) electrons. The Morgan fingerprint density at radius 3 is 2.38 bits per heavy atom. The van der Waals surface area contributed by atoms with Crippen LogP contribution >= 0.6 is 0 Å². The van der Waals surface area contributed by atoms with Gasteiger partial charge in [0.15, 0.2) is 17.0 Å². The number of aliphatic hydroxyl groups is 2. The van der Waals surface area contributed by atoms with Crippen LogP contribution in [0.3, 0.4) is 0 Å². The van der Waals surface area contributed by atoms with Crippen molar-refractivity contribution in [3.05, 3.63) is 11.1 Å². The average molecular weight is 408 g/mol. The van der Waals surface area contributed by atoms with Crippen LogP contribution in [0.2, 0.25) is 0 Å². The van der Waals surface area contributed by atoms with E-state index in [4.69, 9.17) is 14.2 Å². The van der Waals surface area contributed by atoms with E-state index in [-0.39, 0.29) is 18.9 Å². The summed E-state index contributed by atoms with van der Waals surface area (Å²) in [6, 6.07) is 0. The smallest absolute Gasteiger partial charge is 0.307 e. The normalized spacial score (nSPS) is 51.2. The van der Waals surface area contributed by atoms with E-state index >= 15 is 0 Å². The summed E-state index contributed by atoms with van der Waals surface area (Å²) in [7, 11) is 0. The number of hydrogen-bond acceptors (Lipinski definition) is 7. The Kier molecular flexibility index (Phi) is 4.27. The predicted molar refractivity (Wildman–Crippen MR) is 103 cm³/mol. The van der Waals surface area contributed by atoms with E-state index in [1.165, 1.54) is 0 Å². The molecule has 3 aliphatic carbocycles. The molecular formula is C22H32O7. The lowest BCUT2D eigenvalue weighted by atomic mass is 9.55. The van der Waals surface area contributed by atoms with Gasteiger partial charge in [0.05, 0.1) is 11.8 Å². The fourth-order valence-corrected chi connectivity index (χ4v) is 7.26. The van der Waals surface area contributed by atoms with E-state index in [0.29, 0.717) is 30.6 Å². The lowest BCUT2D eigenvalue weighted by Gasteiger charge is -2.62. The highest BCUT2D eigenvalue weighted by Crippen LogP contribution is 2.77. The molecule has 1 aliphatic heterocycles. The van der Waals surface area contributed by atoms with Crippen LogP contribution in [0.15, 0.2) is 11.1 Å². The molecule has 0 amide bonds. The zero-order valence-corrected chi connectivity index (χ0v) is 18.1. The number of ketones is 1. The first-order valence-electron chi connectivity index (χ1n) is 10.6. The largest absolute Gasteiger partial charge is 0.449 e. The molecule has 7 heteroatoms. The minimum Gasteiger partial charge on any atom is -0.449 e. The van der Waals surface area contributed by atoms with Crippen LogP contribution in [-0.2, 0) is 23.8 Å². The third-order valence-electron chi connectivity index (χ3n) is 8.50. The maximum Gasteiger partial charge on any atom is 0.307 e. The molecule has 4 aliphatic rings. The second-order valence-electron chi connectivity index (χ2n) is 9.37. The Balaban J connectivity index is 2.17. The van der Waals surface area contributed by atoms with Gasteiger partial charge in [-0.1, -0.05) is 13.8 Å². The standard InChI is InChI=1S/C22H32O7/c1-7-27-17-12(3)9-10-19(28-8-2)18(6)11-15(23)29-22(17,19)20(25)14(5)13(4)16(24)21(18,20)26/h12,17,25-26H,7-11H2,1-6H3/t12?,17?,18?,19-,20?,21?,22?/m0/s1. The minimum atomic E-state index is -2.24. The number of carbonyl (C=O) groups is 2. The number of Topliss-reactive ketones (excluding diaryl/α,β-unsaturated/α-hetero) is 1. The number of fused-ring (bicyclic) bond motifs is 2. The molecule has 6 unspecified atom stereocenters. The van der Waals surface area contributed by atoms with Crippen LogP contribution in [0.4, 0.5) is 0 Å². The van der Waals surface area contributed by atoms with Gasteiger partial charge in [-0.05, 0) is 57.6 Å². The van der Waals surface area contributed by atoms with Crippen LogP contribution < -0.4 is 0 Å². The third kappa shape index (κ3) is 1.75. The highest BCUT2D eigenvalue weighted by atomic mass is 16.6. The van der Waals surface area contributed by atoms with Crippen LogP contribution in [0, 0.1) is 11.3 Å². The van der Waals surface area contributed by atoms with Gasteiger partial charge in [-0.2, -0.15) is 0 Å². The van der Waals surface area contributed by atoms with Crippen LogP contribution in [-0.4, -0.2) is 63.7 Å². The highest BCUT2D eigenvalue weighted by Gasteiger charge is 2.97. The Morgan fingerprint density at radius 1 is 1.14 bits per heavy atom. The lowest BCUT2D eigenvalue weighted by Crippen LogP contribution is -2.78. The van der Waals surface area contributed by atoms with Gasteiger partial charge in [-0.15, -0.1) is 0 Å². The van der Waals surface area contributed by atoms with Crippen molar-refractivity contribution >= 4 is 11.8 Å². The Hall–Kier alpha value is -1.28. The number of esters is 1. The monoisotopic (exact) mass is 408 g/mol. The lowest BCUT2D eigenvalue weighted by molar-refractivity contribution is -0.325. The second-order valence-corrected chi connectivity index (χ2v) is 9.37. The third-order valence-corrected chi connectivity index (χ3v) is 8.50. The number of ether oxygens (including phenoxy) is 3. The van der Waals surface area contributed by atoms with Gasteiger partial charge < -0.3 is 24.4 Å². The molecule has 7 atom stereocenters.